The van der Waals surface area contributed by atoms with Crippen molar-refractivity contribution in [3.63, 3.8) is 0 Å². The van der Waals surface area contributed by atoms with Gasteiger partial charge in [-0.15, -0.1) is 5.10 Å². The first-order valence-corrected chi connectivity index (χ1v) is 4.71. The lowest BCUT2D eigenvalue weighted by atomic mass is 10.1. The lowest BCUT2D eigenvalue weighted by Gasteiger charge is -2.03. The minimum absolute atomic E-state index is 0.869. The summed E-state index contributed by atoms with van der Waals surface area (Å²) in [5.41, 5.74) is 2.76. The maximum absolute atomic E-state index is 8.59. The zero-order valence-corrected chi connectivity index (χ0v) is 8.70. The molecule has 16 heavy (non-hydrogen) atoms. The molecule has 1 aromatic heterocycles. The Morgan fingerprint density at radius 2 is 2.38 bits per heavy atom. The lowest BCUT2D eigenvalue weighted by Crippen LogP contribution is -1.95. The van der Waals surface area contributed by atoms with Crippen molar-refractivity contribution in [2.45, 2.75) is 6.92 Å². The van der Waals surface area contributed by atoms with Crippen LogP contribution in [-0.4, -0.2) is 20.2 Å². The predicted molar refractivity (Wildman–Crippen MR) is 58.4 cm³/mol. The van der Waals surface area contributed by atoms with E-state index in [2.05, 4.69) is 15.5 Å². The van der Waals surface area contributed by atoms with Crippen LogP contribution in [0.4, 0.5) is 0 Å². The van der Waals surface area contributed by atoms with Crippen LogP contribution < -0.4 is 0 Å². The molecule has 0 unspecified atom stereocenters. The number of rotatable bonds is 2. The Balaban J connectivity index is 2.42. The molecular formula is C11H9N5. The van der Waals surface area contributed by atoms with Crippen molar-refractivity contribution in [2.75, 3.05) is 0 Å². The molecule has 78 valence electrons. The van der Waals surface area contributed by atoms with E-state index in [9.17, 15) is 0 Å². The molecule has 0 fully saturated rings. The molecule has 5 nitrogen and oxygen atoms in total. The highest BCUT2D eigenvalue weighted by Crippen LogP contribution is 2.16. The molecule has 0 aliphatic heterocycles. The van der Waals surface area contributed by atoms with Gasteiger partial charge in [-0.2, -0.15) is 5.26 Å². The average molecular weight is 211 g/mol. The van der Waals surface area contributed by atoms with E-state index in [0.717, 1.165) is 16.8 Å². The van der Waals surface area contributed by atoms with Gasteiger partial charge in [0, 0.05) is 6.08 Å². The Hall–Kier alpha value is -2.48. The third-order valence-electron chi connectivity index (χ3n) is 2.20. The Morgan fingerprint density at radius 3 is 3.06 bits per heavy atom. The van der Waals surface area contributed by atoms with E-state index in [1.54, 1.807) is 4.68 Å². The lowest BCUT2D eigenvalue weighted by molar-refractivity contribution is 0.789. The Morgan fingerprint density at radius 1 is 1.50 bits per heavy atom. The summed E-state index contributed by atoms with van der Waals surface area (Å²) < 4.78 is 1.57. The van der Waals surface area contributed by atoms with Gasteiger partial charge in [-0.05, 0) is 40.6 Å². The summed E-state index contributed by atoms with van der Waals surface area (Å²) >= 11 is 0. The van der Waals surface area contributed by atoms with Gasteiger partial charge in [0.2, 0.25) is 0 Å². The van der Waals surface area contributed by atoms with Crippen LogP contribution in [0.2, 0.25) is 0 Å². The molecule has 0 saturated carbocycles. The highest BCUT2D eigenvalue weighted by atomic mass is 15.5. The highest BCUT2D eigenvalue weighted by Gasteiger charge is 2.00. The minimum atomic E-state index is 0.869. The van der Waals surface area contributed by atoms with Crippen LogP contribution in [0.5, 0.6) is 0 Å². The third-order valence-corrected chi connectivity index (χ3v) is 2.20. The molecule has 0 spiro atoms. The summed E-state index contributed by atoms with van der Waals surface area (Å²) in [6.07, 6.45) is 3.04. The fourth-order valence-corrected chi connectivity index (χ4v) is 1.35. The molecule has 0 saturated heterocycles. The van der Waals surface area contributed by atoms with Gasteiger partial charge in [-0.25, -0.2) is 4.68 Å². The summed E-state index contributed by atoms with van der Waals surface area (Å²) in [5.74, 6) is 0. The maximum atomic E-state index is 8.59. The summed E-state index contributed by atoms with van der Waals surface area (Å²) in [6, 6.07) is 9.69. The van der Waals surface area contributed by atoms with E-state index < -0.39 is 0 Å². The molecule has 0 aliphatic rings. The van der Waals surface area contributed by atoms with Crippen molar-refractivity contribution >= 4 is 5.57 Å². The summed E-state index contributed by atoms with van der Waals surface area (Å²) in [5, 5.41) is 19.5. The van der Waals surface area contributed by atoms with Gasteiger partial charge >= 0.3 is 0 Å². The van der Waals surface area contributed by atoms with Gasteiger partial charge in [0.25, 0.3) is 0 Å². The number of hydrogen-bond acceptors (Lipinski definition) is 4. The third kappa shape index (κ3) is 1.96. The Labute approximate surface area is 92.6 Å². The molecule has 1 heterocycles. The van der Waals surface area contributed by atoms with E-state index in [1.807, 2.05) is 37.3 Å². The zero-order valence-electron chi connectivity index (χ0n) is 8.70. The van der Waals surface area contributed by atoms with Gasteiger partial charge in [-0.1, -0.05) is 12.1 Å². The number of allylic oxidation sites excluding steroid dienone is 2. The summed E-state index contributed by atoms with van der Waals surface area (Å²) in [4.78, 5) is 0. The fraction of sp³-hybridized carbons (Fsp3) is 0.0909. The first-order chi connectivity index (χ1) is 7.81. The van der Waals surface area contributed by atoms with Gasteiger partial charge in [-0.3, -0.25) is 0 Å². The van der Waals surface area contributed by atoms with Gasteiger partial charge in [0.15, 0.2) is 0 Å². The van der Waals surface area contributed by atoms with Crippen LogP contribution >= 0.6 is 0 Å². The quantitative estimate of drug-likeness (QED) is 0.707. The molecule has 0 N–H and O–H groups in total. The first-order valence-electron chi connectivity index (χ1n) is 4.71. The van der Waals surface area contributed by atoms with Gasteiger partial charge in [0.1, 0.15) is 6.33 Å². The largest absolute Gasteiger partial charge is 0.201 e. The van der Waals surface area contributed by atoms with Crippen molar-refractivity contribution in [3.8, 4) is 11.8 Å². The Kier molecular flexibility index (Phi) is 2.74. The van der Waals surface area contributed by atoms with Crippen LogP contribution in [0.15, 0.2) is 36.7 Å². The second-order valence-electron chi connectivity index (χ2n) is 3.26. The van der Waals surface area contributed by atoms with E-state index in [4.69, 9.17) is 5.26 Å². The smallest absolute Gasteiger partial charge is 0.143 e. The molecule has 0 amide bonds. The summed E-state index contributed by atoms with van der Waals surface area (Å²) in [7, 11) is 0. The molecule has 5 heteroatoms. The molecule has 0 radical (unpaired) electrons. The first kappa shape index (κ1) is 10.1. The Bertz CT molecular complexity index is 548. The fourth-order valence-electron chi connectivity index (χ4n) is 1.35. The molecular weight excluding hydrogens is 202 g/mol. The van der Waals surface area contributed by atoms with Crippen molar-refractivity contribution in [2.24, 2.45) is 0 Å². The number of aromatic nitrogens is 4. The van der Waals surface area contributed by atoms with Crippen LogP contribution in [0.3, 0.4) is 0 Å². The second kappa shape index (κ2) is 4.36. The molecule has 0 bridgehead atoms. The standard InChI is InChI=1S/C11H9N5/c1-9(5-6-12)10-3-2-4-11(7-10)16-8-13-14-15-16/h2-5,7-8H,1H3. The minimum Gasteiger partial charge on any atom is -0.201 e. The van der Waals surface area contributed by atoms with Crippen LogP contribution in [0.25, 0.3) is 11.3 Å². The van der Waals surface area contributed by atoms with Gasteiger partial charge < -0.3 is 0 Å². The molecule has 2 rings (SSSR count). The normalized spacial score (nSPS) is 11.1. The van der Waals surface area contributed by atoms with E-state index >= 15 is 0 Å². The van der Waals surface area contributed by atoms with Crippen LogP contribution in [0.1, 0.15) is 12.5 Å². The van der Waals surface area contributed by atoms with Crippen molar-refractivity contribution in [1.82, 2.24) is 20.2 Å². The predicted octanol–water partition coefficient (Wildman–Crippen LogP) is 1.59. The van der Waals surface area contributed by atoms with Crippen molar-refractivity contribution in [1.29, 1.82) is 5.26 Å². The van der Waals surface area contributed by atoms with Crippen LogP contribution in [0, 0.1) is 11.3 Å². The molecule has 0 atom stereocenters. The monoisotopic (exact) mass is 211 g/mol. The van der Waals surface area contributed by atoms with E-state index in [0.29, 0.717) is 0 Å². The molecule has 2 aromatic rings. The van der Waals surface area contributed by atoms with E-state index in [1.165, 1.54) is 12.4 Å². The second-order valence-corrected chi connectivity index (χ2v) is 3.26. The summed E-state index contributed by atoms with van der Waals surface area (Å²) in [6.45, 7) is 1.89. The SMILES string of the molecule is CC(=CC#N)c1cccc(-n2cnnn2)c1. The zero-order chi connectivity index (χ0) is 11.4. The number of nitriles is 1. The number of tetrazole rings is 1. The molecule has 1 aromatic carbocycles. The van der Waals surface area contributed by atoms with Crippen molar-refractivity contribution in [3.05, 3.63) is 42.2 Å². The van der Waals surface area contributed by atoms with Gasteiger partial charge in [0.05, 0.1) is 11.8 Å². The number of nitrogens with zero attached hydrogens (tertiary/aromatic N) is 5. The maximum Gasteiger partial charge on any atom is 0.143 e. The van der Waals surface area contributed by atoms with Crippen LogP contribution in [-0.2, 0) is 0 Å². The molecule has 0 aliphatic carbocycles. The number of benzene rings is 1. The highest BCUT2D eigenvalue weighted by molar-refractivity contribution is 5.67. The topological polar surface area (TPSA) is 67.4 Å². The van der Waals surface area contributed by atoms with E-state index in [-0.39, 0.29) is 0 Å². The number of hydrogen-bond donors (Lipinski definition) is 0. The van der Waals surface area contributed by atoms with Crippen molar-refractivity contribution < 1.29 is 0 Å². The average Bonchev–Trinajstić information content (AvgIpc) is 2.83.